The van der Waals surface area contributed by atoms with Crippen molar-refractivity contribution in [3.8, 4) is 0 Å². The maximum Gasteiger partial charge on any atom is -0.0253 e. The van der Waals surface area contributed by atoms with Crippen LogP contribution in [0.3, 0.4) is 0 Å². The van der Waals surface area contributed by atoms with E-state index in [-0.39, 0.29) is 0 Å². The molecule has 16 heavy (non-hydrogen) atoms. The number of allylic oxidation sites excluding steroid dienone is 5. The van der Waals surface area contributed by atoms with Crippen LogP contribution in [0.15, 0.2) is 36.0 Å². The molecule has 0 rings (SSSR count). The first-order valence-corrected chi connectivity index (χ1v) is 6.56. The molecule has 0 aliphatic carbocycles. The molecule has 0 aromatic carbocycles. The molecular formula is C16H32. The third kappa shape index (κ3) is 13.2. The second-order valence-electron chi connectivity index (χ2n) is 3.51. The Morgan fingerprint density at radius 1 is 1.12 bits per heavy atom. The topological polar surface area (TPSA) is 0 Å². The highest BCUT2D eigenvalue weighted by Gasteiger charge is 1.99. The monoisotopic (exact) mass is 224 g/mol. The minimum Gasteiger partial charge on any atom is -0.0988 e. The Kier molecular flexibility index (Phi) is 21.4. The van der Waals surface area contributed by atoms with Gasteiger partial charge in [0.25, 0.3) is 0 Å². The molecule has 0 aliphatic rings. The SMILES string of the molecule is C=C/C(CC(C)C)=C(C)\C=C/C.CC.CC. The highest BCUT2D eigenvalue weighted by molar-refractivity contribution is 5.30. The summed E-state index contributed by atoms with van der Waals surface area (Å²) in [6, 6.07) is 0. The van der Waals surface area contributed by atoms with Crippen LogP contribution in [0.2, 0.25) is 0 Å². The average Bonchev–Trinajstić information content (AvgIpc) is 2.31. The summed E-state index contributed by atoms with van der Waals surface area (Å²) < 4.78 is 0. The van der Waals surface area contributed by atoms with E-state index in [0.717, 1.165) is 6.42 Å². The Labute approximate surface area is 104 Å². The fourth-order valence-corrected chi connectivity index (χ4v) is 1.20. The summed E-state index contributed by atoms with van der Waals surface area (Å²) in [4.78, 5) is 0. The third-order valence-corrected chi connectivity index (χ3v) is 1.80. The van der Waals surface area contributed by atoms with Gasteiger partial charge in [-0.05, 0) is 37.3 Å². The molecule has 0 fully saturated rings. The maximum absolute atomic E-state index is 3.83. The smallest absolute Gasteiger partial charge is 0.0253 e. The fourth-order valence-electron chi connectivity index (χ4n) is 1.20. The molecule has 0 atom stereocenters. The van der Waals surface area contributed by atoms with Crippen molar-refractivity contribution in [3.05, 3.63) is 36.0 Å². The van der Waals surface area contributed by atoms with Gasteiger partial charge in [-0.2, -0.15) is 0 Å². The highest BCUT2D eigenvalue weighted by Crippen LogP contribution is 2.16. The zero-order valence-electron chi connectivity index (χ0n) is 12.7. The molecule has 0 nitrogen and oxygen atoms in total. The molecule has 96 valence electrons. The van der Waals surface area contributed by atoms with Crippen molar-refractivity contribution >= 4 is 0 Å². The van der Waals surface area contributed by atoms with Gasteiger partial charge in [0.1, 0.15) is 0 Å². The zero-order valence-corrected chi connectivity index (χ0v) is 12.7. The minimum absolute atomic E-state index is 0.707. The standard InChI is InChI=1S/C12H20.2C2H6/c1-6-8-11(5)12(7-2)9-10(3)4;2*1-2/h6-8,10H,2,9H2,1,3-5H3;2*1-2H3/b8-6-,12-11+;;. The minimum atomic E-state index is 0.707. The summed E-state index contributed by atoms with van der Waals surface area (Å²) in [7, 11) is 0. The molecule has 0 saturated heterocycles. The zero-order chi connectivity index (χ0) is 13.6. The van der Waals surface area contributed by atoms with Gasteiger partial charge < -0.3 is 0 Å². The molecule has 0 heteroatoms. The van der Waals surface area contributed by atoms with E-state index in [4.69, 9.17) is 0 Å². The summed E-state index contributed by atoms with van der Waals surface area (Å²) in [6.45, 7) is 20.5. The van der Waals surface area contributed by atoms with Crippen LogP contribution >= 0.6 is 0 Å². The van der Waals surface area contributed by atoms with E-state index in [1.54, 1.807) is 0 Å². The van der Waals surface area contributed by atoms with Gasteiger partial charge in [0.05, 0.1) is 0 Å². The van der Waals surface area contributed by atoms with Crippen LogP contribution in [0.25, 0.3) is 0 Å². The lowest BCUT2D eigenvalue weighted by Gasteiger charge is -2.07. The van der Waals surface area contributed by atoms with Crippen molar-refractivity contribution in [1.82, 2.24) is 0 Å². The Bertz CT molecular complexity index is 192. The van der Waals surface area contributed by atoms with Crippen LogP contribution in [0.1, 0.15) is 61.8 Å². The first kappa shape index (κ1) is 20.6. The highest BCUT2D eigenvalue weighted by atomic mass is 14.0. The summed E-state index contributed by atoms with van der Waals surface area (Å²) in [6.07, 6.45) is 7.30. The van der Waals surface area contributed by atoms with Crippen LogP contribution in [-0.4, -0.2) is 0 Å². The molecule has 0 saturated carbocycles. The Morgan fingerprint density at radius 3 is 1.81 bits per heavy atom. The van der Waals surface area contributed by atoms with E-state index < -0.39 is 0 Å². The van der Waals surface area contributed by atoms with Crippen molar-refractivity contribution in [1.29, 1.82) is 0 Å². The summed E-state index contributed by atoms with van der Waals surface area (Å²) in [5.41, 5.74) is 2.70. The van der Waals surface area contributed by atoms with Gasteiger partial charge in [-0.1, -0.05) is 66.3 Å². The lowest BCUT2D eigenvalue weighted by Crippen LogP contribution is -1.91. The summed E-state index contributed by atoms with van der Waals surface area (Å²) in [5, 5.41) is 0. The van der Waals surface area contributed by atoms with E-state index in [9.17, 15) is 0 Å². The first-order chi connectivity index (χ1) is 7.61. The van der Waals surface area contributed by atoms with E-state index in [2.05, 4.69) is 39.5 Å². The number of hydrogen-bond acceptors (Lipinski definition) is 0. The van der Waals surface area contributed by atoms with Gasteiger partial charge >= 0.3 is 0 Å². The van der Waals surface area contributed by atoms with Gasteiger partial charge in [0, 0.05) is 0 Å². The fraction of sp³-hybridized carbons (Fsp3) is 0.625. The van der Waals surface area contributed by atoms with Crippen molar-refractivity contribution in [2.45, 2.75) is 61.8 Å². The Morgan fingerprint density at radius 2 is 1.56 bits per heavy atom. The predicted octanol–water partition coefficient (Wildman–Crippen LogP) is 6.16. The van der Waals surface area contributed by atoms with Crippen molar-refractivity contribution in [3.63, 3.8) is 0 Å². The molecule has 0 N–H and O–H groups in total. The van der Waals surface area contributed by atoms with Crippen LogP contribution in [0.5, 0.6) is 0 Å². The molecule has 0 amide bonds. The lowest BCUT2D eigenvalue weighted by atomic mass is 9.98. The molecule has 0 aromatic heterocycles. The van der Waals surface area contributed by atoms with E-state index in [1.165, 1.54) is 11.1 Å². The number of rotatable bonds is 4. The third-order valence-electron chi connectivity index (χ3n) is 1.80. The van der Waals surface area contributed by atoms with Gasteiger partial charge in [-0.25, -0.2) is 0 Å². The van der Waals surface area contributed by atoms with E-state index in [1.807, 2.05) is 40.7 Å². The van der Waals surface area contributed by atoms with Crippen LogP contribution < -0.4 is 0 Å². The van der Waals surface area contributed by atoms with Crippen molar-refractivity contribution in [2.75, 3.05) is 0 Å². The average molecular weight is 224 g/mol. The van der Waals surface area contributed by atoms with E-state index >= 15 is 0 Å². The van der Waals surface area contributed by atoms with Gasteiger partial charge in [0.2, 0.25) is 0 Å². The summed E-state index contributed by atoms with van der Waals surface area (Å²) >= 11 is 0. The van der Waals surface area contributed by atoms with Gasteiger partial charge in [-0.15, -0.1) is 0 Å². The first-order valence-electron chi connectivity index (χ1n) is 6.56. The lowest BCUT2D eigenvalue weighted by molar-refractivity contribution is 0.647. The molecular weight excluding hydrogens is 192 g/mol. The quantitative estimate of drug-likeness (QED) is 0.501. The van der Waals surface area contributed by atoms with Gasteiger partial charge in [-0.3, -0.25) is 0 Å². The normalized spacial score (nSPS) is 11.1. The molecule has 0 bridgehead atoms. The number of hydrogen-bond donors (Lipinski definition) is 0. The van der Waals surface area contributed by atoms with Crippen LogP contribution in [-0.2, 0) is 0 Å². The second-order valence-corrected chi connectivity index (χ2v) is 3.51. The molecule has 0 aliphatic heterocycles. The summed E-state index contributed by atoms with van der Waals surface area (Å²) in [5.74, 6) is 0.707. The van der Waals surface area contributed by atoms with Crippen molar-refractivity contribution in [2.24, 2.45) is 5.92 Å². The predicted molar refractivity (Wildman–Crippen MR) is 79.9 cm³/mol. The molecule has 0 aromatic rings. The Balaban J connectivity index is -0.000000376. The van der Waals surface area contributed by atoms with Crippen molar-refractivity contribution < 1.29 is 0 Å². The molecule has 0 radical (unpaired) electrons. The molecule has 0 heterocycles. The Hall–Kier alpha value is -0.780. The molecule has 0 unspecified atom stereocenters. The molecule has 0 spiro atoms. The van der Waals surface area contributed by atoms with Gasteiger partial charge in [0.15, 0.2) is 0 Å². The van der Waals surface area contributed by atoms with E-state index in [0.29, 0.717) is 5.92 Å². The van der Waals surface area contributed by atoms with Crippen LogP contribution in [0.4, 0.5) is 0 Å². The van der Waals surface area contributed by atoms with Crippen LogP contribution in [0, 0.1) is 5.92 Å². The maximum atomic E-state index is 3.83. The second kappa shape index (κ2) is 16.6. The largest absolute Gasteiger partial charge is 0.0988 e.